The fourth-order valence-corrected chi connectivity index (χ4v) is 5.36. The molecule has 10 heteroatoms. The molecule has 1 aromatic carbocycles. The van der Waals surface area contributed by atoms with E-state index in [4.69, 9.17) is 4.98 Å². The number of fused-ring (bicyclic) bond motifs is 1. The number of aromatic amines is 1. The topological polar surface area (TPSA) is 113 Å². The third-order valence-corrected chi connectivity index (χ3v) is 7.51. The molecular weight excluding hydrogens is 452 g/mol. The van der Waals surface area contributed by atoms with E-state index in [9.17, 15) is 13.9 Å². The summed E-state index contributed by atoms with van der Waals surface area (Å²) in [5, 5.41) is 24.9. The maximum Gasteiger partial charge on any atom is 0.219 e. The van der Waals surface area contributed by atoms with Gasteiger partial charge in [-0.3, -0.25) is 5.10 Å². The van der Waals surface area contributed by atoms with E-state index < -0.39 is 17.0 Å². The molecule has 35 heavy (non-hydrogen) atoms. The van der Waals surface area contributed by atoms with Crippen molar-refractivity contribution < 1.29 is 13.9 Å². The molecule has 4 aromatic rings. The summed E-state index contributed by atoms with van der Waals surface area (Å²) in [5.74, 6) is -0.414. The van der Waals surface area contributed by atoms with E-state index in [1.807, 2.05) is 6.07 Å². The summed E-state index contributed by atoms with van der Waals surface area (Å²) in [5.41, 5.74) is 1.25. The van der Waals surface area contributed by atoms with E-state index in [0.29, 0.717) is 23.0 Å². The van der Waals surface area contributed by atoms with E-state index in [0.717, 1.165) is 12.0 Å². The Labute approximate surface area is 200 Å². The molecule has 0 aliphatic heterocycles. The van der Waals surface area contributed by atoms with E-state index in [-0.39, 0.29) is 35.0 Å². The summed E-state index contributed by atoms with van der Waals surface area (Å²) < 4.78 is 29.0. The van der Waals surface area contributed by atoms with Gasteiger partial charge in [0, 0.05) is 6.20 Å². The highest BCUT2D eigenvalue weighted by atomic mass is 19.1. The molecule has 8 nitrogen and oxygen atoms in total. The van der Waals surface area contributed by atoms with E-state index in [1.165, 1.54) is 18.2 Å². The molecular formula is C25H25F2N7O. The predicted molar refractivity (Wildman–Crippen MR) is 124 cm³/mol. The minimum atomic E-state index is -0.684. The van der Waals surface area contributed by atoms with Gasteiger partial charge in [0.15, 0.2) is 11.6 Å². The van der Waals surface area contributed by atoms with Crippen molar-refractivity contribution >= 4 is 0 Å². The van der Waals surface area contributed by atoms with Crippen LogP contribution in [0.15, 0.2) is 36.5 Å². The summed E-state index contributed by atoms with van der Waals surface area (Å²) in [7, 11) is 0. The van der Waals surface area contributed by atoms with Crippen LogP contribution in [0.2, 0.25) is 0 Å². The van der Waals surface area contributed by atoms with E-state index in [2.05, 4.69) is 58.1 Å². The van der Waals surface area contributed by atoms with Crippen molar-refractivity contribution in [3.8, 4) is 22.9 Å². The SMILES string of the molecule is CCC1c2cc(-c3c(F)cccc3F)nnc2[C@](C)(c2ccnc(-c3n[nH]c(CO)n3)n2)C1(C)C. The molecule has 0 bridgehead atoms. The van der Waals surface area contributed by atoms with Gasteiger partial charge >= 0.3 is 0 Å². The minimum Gasteiger partial charge on any atom is -0.388 e. The van der Waals surface area contributed by atoms with Crippen molar-refractivity contribution in [3.05, 3.63) is 70.9 Å². The lowest BCUT2D eigenvalue weighted by Gasteiger charge is -2.41. The highest BCUT2D eigenvalue weighted by Gasteiger charge is 2.57. The van der Waals surface area contributed by atoms with Gasteiger partial charge < -0.3 is 5.11 Å². The summed E-state index contributed by atoms with van der Waals surface area (Å²) in [6.07, 6.45) is 2.43. The van der Waals surface area contributed by atoms with Crippen molar-refractivity contribution in [1.29, 1.82) is 0 Å². The average Bonchev–Trinajstić information content (AvgIpc) is 3.39. The molecule has 3 heterocycles. The van der Waals surface area contributed by atoms with Crippen LogP contribution < -0.4 is 0 Å². The van der Waals surface area contributed by atoms with Crippen molar-refractivity contribution in [2.45, 2.75) is 52.1 Å². The van der Waals surface area contributed by atoms with E-state index in [1.54, 1.807) is 12.3 Å². The minimum absolute atomic E-state index is 0.0366. The number of benzene rings is 1. The number of halogens is 2. The zero-order valence-corrected chi connectivity index (χ0v) is 19.8. The molecule has 5 rings (SSSR count). The van der Waals surface area contributed by atoms with Gasteiger partial charge in [-0.1, -0.05) is 26.8 Å². The van der Waals surface area contributed by atoms with Gasteiger partial charge in [0.05, 0.1) is 28.1 Å². The van der Waals surface area contributed by atoms with E-state index >= 15 is 0 Å². The molecule has 0 amide bonds. The fraction of sp³-hybridized carbons (Fsp3) is 0.360. The Hall–Kier alpha value is -3.66. The number of H-pyrrole nitrogens is 1. The molecule has 2 N–H and O–H groups in total. The maximum absolute atomic E-state index is 14.5. The number of aliphatic hydroxyl groups is 1. The van der Waals surface area contributed by atoms with Crippen LogP contribution >= 0.6 is 0 Å². The third kappa shape index (κ3) is 3.35. The molecule has 0 fully saturated rings. The standard InChI is InChI=1S/C25H25F2N7O/c1-5-14-13-11-17(20-15(26)7-6-8-16(20)27)31-33-21(13)25(4,24(14,2)3)18-9-10-28-22(29-18)23-30-19(12-35)32-34-23/h6-11,14,35H,5,12H2,1-4H3,(H,30,32,34)/t14?,25-/m0/s1. The Morgan fingerprint density at radius 2 is 1.77 bits per heavy atom. The fourth-order valence-electron chi connectivity index (χ4n) is 5.36. The molecule has 0 saturated carbocycles. The van der Waals surface area contributed by atoms with Gasteiger partial charge in [-0.15, -0.1) is 10.2 Å². The van der Waals surface area contributed by atoms with Crippen molar-refractivity contribution in [2.24, 2.45) is 5.41 Å². The number of rotatable bonds is 5. The highest BCUT2D eigenvalue weighted by Crippen LogP contribution is 2.61. The van der Waals surface area contributed by atoms with Crippen LogP contribution in [-0.4, -0.2) is 40.5 Å². The van der Waals surface area contributed by atoms with Crippen LogP contribution in [0.3, 0.4) is 0 Å². The second-order valence-electron chi connectivity index (χ2n) is 9.47. The normalized spacial score (nSPS) is 20.7. The number of aliphatic hydroxyl groups excluding tert-OH is 1. The molecule has 3 aromatic heterocycles. The molecule has 1 unspecified atom stereocenters. The zero-order chi connectivity index (χ0) is 25.0. The quantitative estimate of drug-likeness (QED) is 0.440. The Kier molecular flexibility index (Phi) is 5.43. The molecule has 1 aliphatic carbocycles. The second-order valence-corrected chi connectivity index (χ2v) is 9.47. The first-order valence-electron chi connectivity index (χ1n) is 11.4. The highest BCUT2D eigenvalue weighted by molar-refractivity contribution is 5.63. The Bertz CT molecular complexity index is 1400. The number of hydrogen-bond donors (Lipinski definition) is 2. The maximum atomic E-state index is 14.5. The molecule has 1 aliphatic rings. The molecule has 180 valence electrons. The van der Waals surface area contributed by atoms with Crippen LogP contribution in [0.5, 0.6) is 0 Å². The predicted octanol–water partition coefficient (Wildman–Crippen LogP) is 4.33. The molecule has 0 radical (unpaired) electrons. The van der Waals surface area contributed by atoms with Gasteiger partial charge in [0.1, 0.15) is 18.2 Å². The summed E-state index contributed by atoms with van der Waals surface area (Å²) in [6.45, 7) is 8.16. The van der Waals surface area contributed by atoms with Crippen LogP contribution in [0.4, 0.5) is 8.78 Å². The Balaban J connectivity index is 1.68. The second kappa shape index (κ2) is 8.23. The summed E-state index contributed by atoms with van der Waals surface area (Å²) in [4.78, 5) is 13.3. The monoisotopic (exact) mass is 477 g/mol. The summed E-state index contributed by atoms with van der Waals surface area (Å²) >= 11 is 0. The third-order valence-electron chi connectivity index (χ3n) is 7.51. The first kappa shape index (κ1) is 23.1. The molecule has 2 atom stereocenters. The Morgan fingerprint density at radius 3 is 2.43 bits per heavy atom. The van der Waals surface area contributed by atoms with Gasteiger partial charge in [-0.25, -0.2) is 23.7 Å². The van der Waals surface area contributed by atoms with Crippen molar-refractivity contribution in [1.82, 2.24) is 35.3 Å². The number of hydrogen-bond acceptors (Lipinski definition) is 7. The zero-order valence-electron chi connectivity index (χ0n) is 19.8. The summed E-state index contributed by atoms with van der Waals surface area (Å²) in [6, 6.07) is 7.35. The lowest BCUT2D eigenvalue weighted by molar-refractivity contribution is 0.189. The number of nitrogens with zero attached hydrogens (tertiary/aromatic N) is 6. The molecule has 0 spiro atoms. The van der Waals surface area contributed by atoms with Crippen molar-refractivity contribution in [2.75, 3.05) is 0 Å². The van der Waals surface area contributed by atoms with Crippen LogP contribution in [0, 0.1) is 17.0 Å². The van der Waals surface area contributed by atoms with Gasteiger partial charge in [0.2, 0.25) is 5.82 Å². The van der Waals surface area contributed by atoms with Crippen molar-refractivity contribution in [3.63, 3.8) is 0 Å². The van der Waals surface area contributed by atoms with Gasteiger partial charge in [-0.2, -0.15) is 5.10 Å². The number of aromatic nitrogens is 7. The molecule has 0 saturated heterocycles. The number of nitrogens with one attached hydrogen (secondary N) is 1. The lowest BCUT2D eigenvalue weighted by atomic mass is 9.62. The average molecular weight is 478 g/mol. The van der Waals surface area contributed by atoms with Gasteiger partial charge in [0.25, 0.3) is 0 Å². The first-order chi connectivity index (χ1) is 16.7. The largest absolute Gasteiger partial charge is 0.388 e. The smallest absolute Gasteiger partial charge is 0.219 e. The van der Waals surface area contributed by atoms with Crippen LogP contribution in [-0.2, 0) is 12.0 Å². The van der Waals surface area contributed by atoms with Crippen LogP contribution in [0.1, 0.15) is 62.8 Å². The first-order valence-corrected chi connectivity index (χ1v) is 11.4. The lowest BCUT2D eigenvalue weighted by Crippen LogP contribution is -2.40. The Morgan fingerprint density at radius 1 is 1.03 bits per heavy atom. The van der Waals surface area contributed by atoms with Gasteiger partial charge in [-0.05, 0) is 54.5 Å². The van der Waals surface area contributed by atoms with Crippen LogP contribution in [0.25, 0.3) is 22.9 Å².